The average molecular weight is 379 g/mol. The summed E-state index contributed by atoms with van der Waals surface area (Å²) in [5.74, 6) is 0.663. The smallest absolute Gasteiger partial charge is 0.154 e. The molecule has 0 saturated heterocycles. The Morgan fingerprint density at radius 3 is 2.54 bits per heavy atom. The third kappa shape index (κ3) is 2.51. The maximum Gasteiger partial charge on any atom is 0.154 e. The zero-order chi connectivity index (χ0) is 17.5. The molecule has 5 aromatic rings. The lowest BCUT2D eigenvalue weighted by Gasteiger charge is -2.01. The Morgan fingerprint density at radius 2 is 1.81 bits per heavy atom. The second kappa shape index (κ2) is 6.09. The molecule has 0 N–H and O–H groups in total. The highest BCUT2D eigenvalue weighted by Crippen LogP contribution is 2.34. The molecule has 5 nitrogen and oxygen atoms in total. The predicted octanol–water partition coefficient (Wildman–Crippen LogP) is 5.46. The highest BCUT2D eigenvalue weighted by molar-refractivity contribution is 7.13. The molecule has 0 aliphatic heterocycles. The van der Waals surface area contributed by atoms with Gasteiger partial charge < -0.3 is 4.42 Å². The van der Waals surface area contributed by atoms with Crippen LogP contribution in [0.15, 0.2) is 70.8 Å². The average Bonchev–Trinajstić information content (AvgIpc) is 3.41. The van der Waals surface area contributed by atoms with E-state index < -0.39 is 0 Å². The number of rotatable bonds is 3. The molecule has 0 fully saturated rings. The molecule has 0 atom stereocenters. The Kier molecular flexibility index (Phi) is 3.58. The third-order valence-electron chi connectivity index (χ3n) is 4.04. The van der Waals surface area contributed by atoms with Crippen LogP contribution in [0.4, 0.5) is 0 Å². The summed E-state index contributed by atoms with van der Waals surface area (Å²) < 4.78 is 7.35. The van der Waals surface area contributed by atoms with Gasteiger partial charge in [0.05, 0.1) is 22.2 Å². The lowest BCUT2D eigenvalue weighted by Crippen LogP contribution is -1.94. The number of aromatic nitrogens is 4. The van der Waals surface area contributed by atoms with Gasteiger partial charge in [0.25, 0.3) is 0 Å². The van der Waals surface area contributed by atoms with Crippen LogP contribution in [0.25, 0.3) is 38.6 Å². The molecule has 0 aliphatic carbocycles. The molecule has 5 rings (SSSR count). The van der Waals surface area contributed by atoms with E-state index in [1.54, 1.807) is 17.6 Å². The van der Waals surface area contributed by atoms with Crippen molar-refractivity contribution in [2.24, 2.45) is 0 Å². The molecular formula is C19H11ClN4OS. The van der Waals surface area contributed by atoms with Gasteiger partial charge in [-0.15, -0.1) is 21.5 Å². The van der Waals surface area contributed by atoms with Gasteiger partial charge in [0.15, 0.2) is 5.76 Å². The monoisotopic (exact) mass is 378 g/mol. The normalized spacial score (nSPS) is 11.3. The minimum absolute atomic E-state index is 0.663. The Morgan fingerprint density at radius 1 is 0.962 bits per heavy atom. The molecule has 7 heteroatoms. The van der Waals surface area contributed by atoms with Gasteiger partial charge in [0.1, 0.15) is 16.9 Å². The molecule has 0 radical (unpaired) electrons. The van der Waals surface area contributed by atoms with Gasteiger partial charge in [-0.25, -0.2) is 4.68 Å². The molecule has 0 saturated carbocycles. The first-order chi connectivity index (χ1) is 12.8. The topological polar surface area (TPSA) is 56.7 Å². The fourth-order valence-electron chi connectivity index (χ4n) is 2.82. The van der Waals surface area contributed by atoms with Crippen LogP contribution in [-0.2, 0) is 0 Å². The van der Waals surface area contributed by atoms with Gasteiger partial charge in [-0.05, 0) is 47.8 Å². The lowest BCUT2D eigenvalue weighted by molar-refractivity contribution is 0.579. The van der Waals surface area contributed by atoms with E-state index in [1.165, 1.54) is 0 Å². The standard InChI is InChI=1S/C19H11ClN4OS/c20-12-5-7-13(8-6-12)24-11-14-17(15-3-1-9-25-15)21-22-19(18(14)23-24)16-4-2-10-26-16/h1-11H. The molecule has 4 heterocycles. The van der Waals surface area contributed by atoms with E-state index in [1.807, 2.05) is 64.8 Å². The minimum atomic E-state index is 0.663. The van der Waals surface area contributed by atoms with Gasteiger partial charge >= 0.3 is 0 Å². The van der Waals surface area contributed by atoms with Crippen LogP contribution in [0.5, 0.6) is 0 Å². The van der Waals surface area contributed by atoms with Gasteiger partial charge in [0, 0.05) is 11.2 Å². The molecule has 0 spiro atoms. The van der Waals surface area contributed by atoms with Crippen LogP contribution in [0, 0.1) is 0 Å². The SMILES string of the molecule is Clc1ccc(-n2cc3c(-c4ccco4)nnc(-c4cccs4)c3n2)cc1. The number of halogens is 1. The van der Waals surface area contributed by atoms with Crippen LogP contribution in [0.1, 0.15) is 0 Å². The summed E-state index contributed by atoms with van der Waals surface area (Å²) in [4.78, 5) is 1.02. The summed E-state index contributed by atoms with van der Waals surface area (Å²) in [5.41, 5.74) is 3.13. The molecule has 4 aromatic heterocycles. The highest BCUT2D eigenvalue weighted by Gasteiger charge is 2.18. The largest absolute Gasteiger partial charge is 0.463 e. The summed E-state index contributed by atoms with van der Waals surface area (Å²) in [6.07, 6.45) is 3.57. The van der Waals surface area contributed by atoms with Gasteiger partial charge in [0.2, 0.25) is 0 Å². The van der Waals surface area contributed by atoms with Crippen molar-refractivity contribution >= 4 is 33.8 Å². The predicted molar refractivity (Wildman–Crippen MR) is 103 cm³/mol. The summed E-state index contributed by atoms with van der Waals surface area (Å²) in [5, 5.41) is 17.2. The molecule has 126 valence electrons. The Labute approximate surface area is 157 Å². The number of nitrogens with zero attached hydrogens (tertiary/aromatic N) is 4. The first-order valence-corrected chi connectivity index (χ1v) is 9.15. The van der Waals surface area contributed by atoms with E-state index in [-0.39, 0.29) is 0 Å². The van der Waals surface area contributed by atoms with Crippen molar-refractivity contribution in [2.75, 3.05) is 0 Å². The number of benzene rings is 1. The number of thiophene rings is 1. The Balaban J connectivity index is 1.78. The van der Waals surface area contributed by atoms with Crippen molar-refractivity contribution in [1.82, 2.24) is 20.0 Å². The number of furan rings is 1. The van der Waals surface area contributed by atoms with Crippen molar-refractivity contribution < 1.29 is 4.42 Å². The van der Waals surface area contributed by atoms with E-state index in [0.29, 0.717) is 16.5 Å². The molecule has 26 heavy (non-hydrogen) atoms. The minimum Gasteiger partial charge on any atom is -0.463 e. The Hall–Kier alpha value is -2.96. The van der Waals surface area contributed by atoms with Crippen molar-refractivity contribution in [3.8, 4) is 27.7 Å². The van der Waals surface area contributed by atoms with E-state index in [0.717, 1.165) is 27.2 Å². The molecule has 0 aliphatic rings. The maximum atomic E-state index is 6.00. The first kappa shape index (κ1) is 15.3. The third-order valence-corrected chi connectivity index (χ3v) is 5.17. The summed E-state index contributed by atoms with van der Waals surface area (Å²) in [6, 6.07) is 15.2. The van der Waals surface area contributed by atoms with E-state index in [2.05, 4.69) is 10.2 Å². The summed E-state index contributed by atoms with van der Waals surface area (Å²) >= 11 is 7.61. The van der Waals surface area contributed by atoms with E-state index in [9.17, 15) is 0 Å². The second-order valence-corrected chi connectivity index (χ2v) is 7.05. The van der Waals surface area contributed by atoms with Crippen LogP contribution in [0.3, 0.4) is 0 Å². The molecule has 1 aromatic carbocycles. The highest BCUT2D eigenvalue weighted by atomic mass is 35.5. The number of fused-ring (bicyclic) bond motifs is 1. The van der Waals surface area contributed by atoms with E-state index >= 15 is 0 Å². The van der Waals surface area contributed by atoms with Crippen LogP contribution in [0.2, 0.25) is 5.02 Å². The van der Waals surface area contributed by atoms with Gasteiger partial charge in [-0.2, -0.15) is 5.10 Å². The van der Waals surface area contributed by atoms with Crippen LogP contribution in [-0.4, -0.2) is 20.0 Å². The van der Waals surface area contributed by atoms with Crippen molar-refractivity contribution in [3.63, 3.8) is 0 Å². The van der Waals surface area contributed by atoms with Gasteiger partial charge in [-0.3, -0.25) is 0 Å². The quantitative estimate of drug-likeness (QED) is 0.418. The molecule has 0 amide bonds. The zero-order valence-electron chi connectivity index (χ0n) is 13.3. The molecule has 0 bridgehead atoms. The summed E-state index contributed by atoms with van der Waals surface area (Å²) in [6.45, 7) is 0. The van der Waals surface area contributed by atoms with Crippen LogP contribution < -0.4 is 0 Å². The maximum absolute atomic E-state index is 6.00. The molecular weight excluding hydrogens is 368 g/mol. The zero-order valence-corrected chi connectivity index (χ0v) is 14.9. The van der Waals surface area contributed by atoms with Crippen LogP contribution >= 0.6 is 22.9 Å². The lowest BCUT2D eigenvalue weighted by atomic mass is 10.2. The van der Waals surface area contributed by atoms with Crippen molar-refractivity contribution in [3.05, 3.63) is 71.4 Å². The van der Waals surface area contributed by atoms with Gasteiger partial charge in [-0.1, -0.05) is 17.7 Å². The van der Waals surface area contributed by atoms with E-state index in [4.69, 9.17) is 21.1 Å². The fraction of sp³-hybridized carbons (Fsp3) is 0. The van der Waals surface area contributed by atoms with Crippen molar-refractivity contribution in [1.29, 1.82) is 0 Å². The first-order valence-electron chi connectivity index (χ1n) is 7.89. The fourth-order valence-corrected chi connectivity index (χ4v) is 3.66. The van der Waals surface area contributed by atoms with Crippen molar-refractivity contribution in [2.45, 2.75) is 0 Å². The number of hydrogen-bond donors (Lipinski definition) is 0. The number of hydrogen-bond acceptors (Lipinski definition) is 5. The summed E-state index contributed by atoms with van der Waals surface area (Å²) in [7, 11) is 0. The molecule has 0 unspecified atom stereocenters. The second-order valence-electron chi connectivity index (χ2n) is 5.66. The Bertz CT molecular complexity index is 1110.